The molecule has 0 bridgehead atoms. The molecule has 2 radical (unpaired) electrons. The van der Waals surface area contributed by atoms with Crippen LogP contribution in [0.25, 0.3) is 6.08 Å². The van der Waals surface area contributed by atoms with Gasteiger partial charge in [0.1, 0.15) is 5.60 Å². The molecule has 0 saturated heterocycles. The smallest absolute Gasteiger partial charge is 0.407 e. The van der Waals surface area contributed by atoms with E-state index < -0.39 is 23.8 Å². The number of rotatable bonds is 7. The maximum absolute atomic E-state index is 12.3. The van der Waals surface area contributed by atoms with Crippen LogP contribution >= 0.6 is 0 Å². The van der Waals surface area contributed by atoms with Crippen molar-refractivity contribution in [2.24, 2.45) is 0 Å². The van der Waals surface area contributed by atoms with E-state index in [1.165, 1.54) is 6.08 Å². The molecule has 8 heteroatoms. The zero-order valence-electron chi connectivity index (χ0n) is 19.5. The Bertz CT molecular complexity index is 917. The van der Waals surface area contributed by atoms with Gasteiger partial charge in [-0.05, 0) is 32.8 Å². The van der Waals surface area contributed by atoms with Crippen LogP contribution in [0.2, 0.25) is 0 Å². The van der Waals surface area contributed by atoms with Crippen molar-refractivity contribution in [3.63, 3.8) is 0 Å². The third kappa shape index (κ3) is 12.1. The van der Waals surface area contributed by atoms with Crippen molar-refractivity contribution in [3.8, 4) is 0 Å². The maximum Gasteiger partial charge on any atom is 0.407 e. The summed E-state index contributed by atoms with van der Waals surface area (Å²) in [6.07, 6.45) is 3.84. The summed E-state index contributed by atoms with van der Waals surface area (Å²) in [6, 6.07) is 15.0. The summed E-state index contributed by atoms with van der Waals surface area (Å²) in [4.78, 5) is 23.6. The van der Waals surface area contributed by atoms with Crippen LogP contribution in [0, 0.1) is 26.0 Å². The molecule has 0 aromatic heterocycles. The number of aryl methyl sites for hydroxylation is 2. The molecule has 174 valence electrons. The van der Waals surface area contributed by atoms with Crippen molar-refractivity contribution >= 4 is 18.5 Å². The zero-order chi connectivity index (χ0) is 22.3. The van der Waals surface area contributed by atoms with Crippen LogP contribution in [-0.4, -0.2) is 35.2 Å². The van der Waals surface area contributed by atoms with Gasteiger partial charge < -0.3 is 54.3 Å². The molecule has 2 aromatic rings. The van der Waals surface area contributed by atoms with Crippen molar-refractivity contribution in [1.29, 1.82) is 0 Å². The Kier molecular flexibility index (Phi) is 17.0. The van der Waals surface area contributed by atoms with Gasteiger partial charge in [0.05, 0.1) is 12.1 Å². The van der Waals surface area contributed by atoms with Gasteiger partial charge in [0.25, 0.3) is 0 Å². The van der Waals surface area contributed by atoms with Crippen LogP contribution in [0.5, 0.6) is 0 Å². The SMILES string of the molecule is Cc1[c-]c(C)c([C-]=O)c(/C=C/[C@@H](O)[C@H](Cc2ccccc2)NC(=O)OC(C)(C)C)[c-]1.[V].[W].[Y]. The Labute approximate surface area is 248 Å². The number of carbonyl (C=O) groups excluding carboxylic acids is 2. The monoisotopic (exact) mass is 730 g/mol. The number of aliphatic hydroxyl groups excluding tert-OH is 1. The van der Waals surface area contributed by atoms with Crippen molar-refractivity contribution in [1.82, 2.24) is 5.32 Å². The van der Waals surface area contributed by atoms with Crippen molar-refractivity contribution in [3.05, 3.63) is 76.4 Å². The second kappa shape index (κ2) is 16.2. The largest absolute Gasteiger partial charge is 0.444 e. The average Bonchev–Trinajstić information content (AvgIpc) is 2.64. The second-order valence-corrected chi connectivity index (χ2v) is 8.18. The summed E-state index contributed by atoms with van der Waals surface area (Å²) >= 11 is 0. The summed E-state index contributed by atoms with van der Waals surface area (Å²) < 4.78 is 5.34. The molecule has 1 amide bonds. The van der Waals surface area contributed by atoms with Gasteiger partial charge in [-0.25, -0.2) is 4.79 Å². The minimum absolute atomic E-state index is 0. The standard InChI is InChI=1S/C25H28NO4.V.W.Y/c1-17-13-18(2)21(16-27)20(14-17)11-12-23(28)22(15-19-9-7-6-8-10-19)26-24(29)30-25(3,4)5;;;/h6-12,22-23,28H,15H2,1-5H3,(H,26,29);;;/q-3;;;/b12-11+;;;/t22-,23+;;;/m0.../s1. The first-order valence-corrected chi connectivity index (χ1v) is 9.82. The Hall–Kier alpha value is -0.543. The first kappa shape index (κ1) is 34.6. The fourth-order valence-corrected chi connectivity index (χ4v) is 3.01. The van der Waals surface area contributed by atoms with Crippen LogP contribution in [0.4, 0.5) is 4.79 Å². The van der Waals surface area contributed by atoms with Crippen LogP contribution < -0.4 is 5.32 Å². The quantitative estimate of drug-likeness (QED) is 0.425. The van der Waals surface area contributed by atoms with Crippen LogP contribution in [0.15, 0.2) is 36.4 Å². The number of carbonyl (C=O) groups is 1. The Morgan fingerprint density at radius 3 is 2.36 bits per heavy atom. The molecule has 2 N–H and O–H groups in total. The minimum Gasteiger partial charge on any atom is -0.444 e. The molecule has 0 aliphatic rings. The number of hydrogen-bond acceptors (Lipinski definition) is 4. The van der Waals surface area contributed by atoms with Gasteiger partial charge in [-0.3, -0.25) is 0 Å². The zero-order valence-corrected chi connectivity index (χ0v) is 26.7. The van der Waals surface area contributed by atoms with Gasteiger partial charge in [-0.2, -0.15) is 6.08 Å². The topological polar surface area (TPSA) is 75.6 Å². The van der Waals surface area contributed by atoms with E-state index in [1.54, 1.807) is 33.8 Å². The van der Waals surface area contributed by atoms with Gasteiger partial charge in [-0.1, -0.05) is 49.6 Å². The van der Waals surface area contributed by atoms with Crippen LogP contribution in [-0.2, 0) is 88.3 Å². The summed E-state index contributed by atoms with van der Waals surface area (Å²) in [5.41, 5.74) is 2.61. The Morgan fingerprint density at radius 2 is 1.82 bits per heavy atom. The molecular formula is C25H28NO4VWY-3. The van der Waals surface area contributed by atoms with Crippen molar-refractivity contribution < 1.29 is 91.8 Å². The molecular weight excluding hydrogens is 702 g/mol. The van der Waals surface area contributed by atoms with E-state index in [4.69, 9.17) is 4.74 Å². The third-order valence-electron chi connectivity index (χ3n) is 4.32. The molecule has 5 nitrogen and oxygen atoms in total. The first-order valence-electron chi connectivity index (χ1n) is 9.82. The van der Waals surface area contributed by atoms with Crippen LogP contribution in [0.3, 0.4) is 0 Å². The number of amides is 1. The molecule has 2 rings (SSSR count). The van der Waals surface area contributed by atoms with Gasteiger partial charge >= 0.3 is 6.09 Å². The maximum atomic E-state index is 12.3. The van der Waals surface area contributed by atoms with Gasteiger partial charge in [0.2, 0.25) is 0 Å². The van der Waals surface area contributed by atoms with E-state index in [9.17, 15) is 14.7 Å². The number of aliphatic hydroxyl groups is 1. The summed E-state index contributed by atoms with van der Waals surface area (Å²) in [5, 5.41) is 13.6. The molecule has 0 heterocycles. The normalized spacial score (nSPS) is 12.4. The predicted octanol–water partition coefficient (Wildman–Crippen LogP) is 3.86. The summed E-state index contributed by atoms with van der Waals surface area (Å²) in [5.74, 6) is 0. The molecule has 2 atom stereocenters. The summed E-state index contributed by atoms with van der Waals surface area (Å²) in [6.45, 7) is 8.94. The van der Waals surface area contributed by atoms with E-state index in [0.717, 1.165) is 11.1 Å². The van der Waals surface area contributed by atoms with E-state index in [1.807, 2.05) is 43.5 Å². The molecule has 0 aliphatic heterocycles. The number of ether oxygens (including phenoxy) is 1. The Balaban J connectivity index is 0. The van der Waals surface area contributed by atoms with Gasteiger partial charge in [0, 0.05) is 72.3 Å². The molecule has 0 aliphatic carbocycles. The molecule has 0 spiro atoms. The first-order chi connectivity index (χ1) is 14.1. The van der Waals surface area contributed by atoms with Crippen LogP contribution in [0.1, 0.15) is 48.6 Å². The Morgan fingerprint density at radius 1 is 1.21 bits per heavy atom. The second-order valence-electron chi connectivity index (χ2n) is 8.18. The third-order valence-corrected chi connectivity index (χ3v) is 4.32. The van der Waals surface area contributed by atoms with Gasteiger partial charge in [0.15, 0.2) is 0 Å². The van der Waals surface area contributed by atoms with Gasteiger partial charge in [-0.15, -0.1) is 6.92 Å². The van der Waals surface area contributed by atoms with Crippen molar-refractivity contribution in [2.45, 2.75) is 58.8 Å². The fraction of sp³-hybridized carbons (Fsp3) is 0.360. The molecule has 0 saturated carbocycles. The van der Waals surface area contributed by atoms with E-state index in [0.29, 0.717) is 23.1 Å². The molecule has 2 aromatic carbocycles. The van der Waals surface area contributed by atoms with E-state index in [-0.39, 0.29) is 72.3 Å². The predicted molar refractivity (Wildman–Crippen MR) is 117 cm³/mol. The molecule has 0 unspecified atom stereocenters. The van der Waals surface area contributed by atoms with Crippen molar-refractivity contribution in [2.75, 3.05) is 0 Å². The number of alkyl carbamates (subject to hydrolysis) is 1. The number of nitrogens with one attached hydrogen (secondary N) is 1. The number of hydrogen-bond donors (Lipinski definition) is 2. The average molecular weight is 730 g/mol. The van der Waals surface area contributed by atoms with E-state index >= 15 is 0 Å². The summed E-state index contributed by atoms with van der Waals surface area (Å²) in [7, 11) is 0. The number of benzene rings is 2. The molecule has 0 fully saturated rings. The minimum atomic E-state index is -1.02. The van der Waals surface area contributed by atoms with E-state index in [2.05, 4.69) is 17.4 Å². The fourth-order valence-electron chi connectivity index (χ4n) is 3.01. The molecule has 33 heavy (non-hydrogen) atoms.